The van der Waals surface area contributed by atoms with Crippen LogP contribution in [-0.2, 0) is 0 Å². The minimum absolute atomic E-state index is 0.142. The quantitative estimate of drug-likeness (QED) is 0.108. The second-order valence-corrected chi connectivity index (χ2v) is 9.17. The Balaban J connectivity index is 1.44. The van der Waals surface area contributed by atoms with Crippen molar-refractivity contribution in [2.75, 3.05) is 5.32 Å². The van der Waals surface area contributed by atoms with Crippen molar-refractivity contribution in [2.24, 2.45) is 5.10 Å². The molecule has 2 N–H and O–H groups in total. The average Bonchev–Trinajstić information content (AvgIpc) is 3.41. The summed E-state index contributed by atoms with van der Waals surface area (Å²) in [6.07, 6.45) is 2.72. The van der Waals surface area contributed by atoms with Crippen LogP contribution in [0.5, 0.6) is 5.75 Å². The number of halogens is 3. The standard InChI is InChI=1S/C26H16BrCl2N3O5/c27-17-6-9-22(37-26(35)20-8-7-18(28)13-21(20)29)16(11-17)14-30-32-24(33)15-3-1-4-19(12-15)31-25(34)23-5-2-10-36-23/h1-14H,(H,31,34)(H,32,33). The molecule has 37 heavy (non-hydrogen) atoms. The number of carbonyl (C=O) groups is 3. The number of esters is 1. The minimum Gasteiger partial charge on any atom is -0.459 e. The number of furan rings is 1. The van der Waals surface area contributed by atoms with Gasteiger partial charge in [0.25, 0.3) is 11.8 Å². The minimum atomic E-state index is -0.684. The molecule has 0 aliphatic heterocycles. The van der Waals surface area contributed by atoms with E-state index < -0.39 is 17.8 Å². The molecule has 11 heteroatoms. The summed E-state index contributed by atoms with van der Waals surface area (Å²) in [6, 6.07) is 18.8. The molecule has 4 aromatic rings. The highest BCUT2D eigenvalue weighted by atomic mass is 79.9. The normalized spacial score (nSPS) is 10.8. The van der Waals surface area contributed by atoms with Gasteiger partial charge >= 0.3 is 5.97 Å². The molecule has 0 saturated heterocycles. The SMILES string of the molecule is O=C(NN=Cc1cc(Br)ccc1OC(=O)c1ccc(Cl)cc1Cl)c1cccc(NC(=O)c2ccco2)c1. The van der Waals surface area contributed by atoms with E-state index >= 15 is 0 Å². The van der Waals surface area contributed by atoms with Crippen LogP contribution in [0, 0.1) is 0 Å². The fraction of sp³-hybridized carbons (Fsp3) is 0. The zero-order valence-corrected chi connectivity index (χ0v) is 21.8. The number of carbonyl (C=O) groups excluding carboxylic acids is 3. The molecule has 0 aliphatic carbocycles. The van der Waals surface area contributed by atoms with Crippen molar-refractivity contribution in [3.63, 3.8) is 0 Å². The molecule has 0 aliphatic rings. The molecule has 0 fully saturated rings. The van der Waals surface area contributed by atoms with Gasteiger partial charge in [0, 0.05) is 26.3 Å². The van der Waals surface area contributed by atoms with E-state index in [9.17, 15) is 14.4 Å². The molecule has 0 atom stereocenters. The molecule has 1 aromatic heterocycles. The number of hydrogen-bond donors (Lipinski definition) is 2. The summed E-state index contributed by atoms with van der Waals surface area (Å²) in [6.45, 7) is 0. The van der Waals surface area contributed by atoms with Crippen LogP contribution in [0.15, 0.2) is 93.1 Å². The maximum absolute atomic E-state index is 12.6. The Morgan fingerprint density at radius 3 is 2.54 bits per heavy atom. The first-order chi connectivity index (χ1) is 17.8. The fourth-order valence-electron chi connectivity index (χ4n) is 3.09. The van der Waals surface area contributed by atoms with Gasteiger partial charge in [0.1, 0.15) is 5.75 Å². The van der Waals surface area contributed by atoms with Crippen LogP contribution in [0.2, 0.25) is 10.0 Å². The summed E-state index contributed by atoms with van der Waals surface area (Å²) in [4.78, 5) is 37.4. The smallest absolute Gasteiger partial charge is 0.345 e. The number of benzene rings is 3. The van der Waals surface area contributed by atoms with Crippen LogP contribution in [0.1, 0.15) is 36.8 Å². The van der Waals surface area contributed by atoms with E-state index in [4.69, 9.17) is 32.4 Å². The zero-order chi connectivity index (χ0) is 26.4. The summed E-state index contributed by atoms with van der Waals surface area (Å²) >= 11 is 15.4. The first-order valence-corrected chi connectivity index (χ1v) is 12.1. The average molecular weight is 601 g/mol. The topological polar surface area (TPSA) is 110 Å². The Morgan fingerprint density at radius 2 is 1.78 bits per heavy atom. The molecule has 0 saturated carbocycles. The van der Waals surface area contributed by atoms with Crippen LogP contribution >= 0.6 is 39.1 Å². The summed E-state index contributed by atoms with van der Waals surface area (Å²) in [5.74, 6) is -1.32. The van der Waals surface area contributed by atoms with Crippen molar-refractivity contribution < 1.29 is 23.5 Å². The maximum atomic E-state index is 12.6. The van der Waals surface area contributed by atoms with Gasteiger partial charge in [-0.15, -0.1) is 0 Å². The lowest BCUT2D eigenvalue weighted by molar-refractivity contribution is 0.0734. The molecule has 0 unspecified atom stereocenters. The van der Waals surface area contributed by atoms with Crippen molar-refractivity contribution in [1.82, 2.24) is 5.43 Å². The van der Waals surface area contributed by atoms with Gasteiger partial charge in [-0.3, -0.25) is 9.59 Å². The molecule has 8 nitrogen and oxygen atoms in total. The largest absolute Gasteiger partial charge is 0.459 e. The zero-order valence-electron chi connectivity index (χ0n) is 18.7. The highest BCUT2D eigenvalue weighted by Crippen LogP contribution is 2.26. The van der Waals surface area contributed by atoms with Gasteiger partial charge in [-0.2, -0.15) is 5.10 Å². The number of rotatable bonds is 7. The van der Waals surface area contributed by atoms with E-state index in [2.05, 4.69) is 31.8 Å². The highest BCUT2D eigenvalue weighted by molar-refractivity contribution is 9.10. The number of anilines is 1. The molecule has 4 rings (SSSR count). The van der Waals surface area contributed by atoms with Crippen LogP contribution < -0.4 is 15.5 Å². The van der Waals surface area contributed by atoms with Gasteiger partial charge in [0.15, 0.2) is 5.76 Å². The molecular formula is C26H16BrCl2N3O5. The number of ether oxygens (including phenoxy) is 1. The Morgan fingerprint density at radius 1 is 0.946 bits per heavy atom. The van der Waals surface area contributed by atoms with E-state index in [1.807, 2.05) is 0 Å². The van der Waals surface area contributed by atoms with Gasteiger partial charge in [-0.05, 0) is 66.7 Å². The van der Waals surface area contributed by atoms with Crippen molar-refractivity contribution >= 4 is 68.8 Å². The van der Waals surface area contributed by atoms with E-state index in [0.29, 0.717) is 20.7 Å². The Labute approximate surface area is 229 Å². The second kappa shape index (κ2) is 11.9. The number of nitrogens with zero attached hydrogens (tertiary/aromatic N) is 1. The summed E-state index contributed by atoms with van der Waals surface area (Å²) in [7, 11) is 0. The number of hydrogen-bond acceptors (Lipinski definition) is 6. The molecule has 2 amide bonds. The Hall–Kier alpha value is -3.92. The monoisotopic (exact) mass is 599 g/mol. The summed E-state index contributed by atoms with van der Waals surface area (Å²) in [5.41, 5.74) is 3.62. The summed E-state index contributed by atoms with van der Waals surface area (Å²) < 4.78 is 11.3. The van der Waals surface area contributed by atoms with E-state index in [0.717, 1.165) is 0 Å². The van der Waals surface area contributed by atoms with Crippen LogP contribution in [0.3, 0.4) is 0 Å². The molecule has 1 heterocycles. The van der Waals surface area contributed by atoms with Gasteiger partial charge in [-0.25, -0.2) is 10.2 Å². The van der Waals surface area contributed by atoms with Crippen molar-refractivity contribution in [3.05, 3.63) is 116 Å². The molecule has 0 spiro atoms. The van der Waals surface area contributed by atoms with Crippen LogP contribution in [0.4, 0.5) is 5.69 Å². The predicted molar refractivity (Wildman–Crippen MR) is 144 cm³/mol. The lowest BCUT2D eigenvalue weighted by Crippen LogP contribution is -2.18. The molecular weight excluding hydrogens is 585 g/mol. The van der Waals surface area contributed by atoms with Crippen LogP contribution in [-0.4, -0.2) is 24.0 Å². The maximum Gasteiger partial charge on any atom is 0.345 e. The fourth-order valence-corrected chi connectivity index (χ4v) is 3.95. The van der Waals surface area contributed by atoms with Gasteiger partial charge in [0.05, 0.1) is 23.1 Å². The first-order valence-electron chi connectivity index (χ1n) is 10.6. The molecule has 0 bridgehead atoms. The van der Waals surface area contributed by atoms with Crippen molar-refractivity contribution in [2.45, 2.75) is 0 Å². The Bertz CT molecular complexity index is 1510. The highest BCUT2D eigenvalue weighted by Gasteiger charge is 2.16. The van der Waals surface area contributed by atoms with Crippen molar-refractivity contribution in [1.29, 1.82) is 0 Å². The van der Waals surface area contributed by atoms with E-state index in [-0.39, 0.29) is 27.7 Å². The molecule has 0 radical (unpaired) electrons. The van der Waals surface area contributed by atoms with Gasteiger partial charge in [-0.1, -0.05) is 45.2 Å². The lowest BCUT2D eigenvalue weighted by Gasteiger charge is -2.09. The predicted octanol–water partition coefficient (Wildman–Crippen LogP) is 6.58. The van der Waals surface area contributed by atoms with E-state index in [1.165, 1.54) is 42.8 Å². The first kappa shape index (κ1) is 26.2. The number of nitrogens with one attached hydrogen (secondary N) is 2. The van der Waals surface area contributed by atoms with Crippen molar-refractivity contribution in [3.8, 4) is 5.75 Å². The van der Waals surface area contributed by atoms with Crippen LogP contribution in [0.25, 0.3) is 0 Å². The van der Waals surface area contributed by atoms with E-state index in [1.54, 1.807) is 42.5 Å². The third-order valence-electron chi connectivity index (χ3n) is 4.82. The molecule has 186 valence electrons. The number of hydrazone groups is 1. The Kier molecular flexibility index (Phi) is 8.39. The van der Waals surface area contributed by atoms with Gasteiger partial charge in [0.2, 0.25) is 0 Å². The third kappa shape index (κ3) is 6.85. The van der Waals surface area contributed by atoms with Gasteiger partial charge < -0.3 is 14.5 Å². The number of amides is 2. The second-order valence-electron chi connectivity index (χ2n) is 7.41. The summed E-state index contributed by atoms with van der Waals surface area (Å²) in [5, 5.41) is 7.17. The lowest BCUT2D eigenvalue weighted by atomic mass is 10.2. The third-order valence-corrected chi connectivity index (χ3v) is 5.86. The molecule has 3 aromatic carbocycles.